The maximum absolute atomic E-state index is 13.2. The molecule has 5 heteroatoms. The van der Waals surface area contributed by atoms with Gasteiger partial charge >= 0.3 is 0 Å². The highest BCUT2D eigenvalue weighted by molar-refractivity contribution is 7.09. The van der Waals surface area contributed by atoms with Crippen molar-refractivity contribution >= 4 is 17.2 Å². The number of hydrogen-bond acceptors (Lipinski definition) is 4. The summed E-state index contributed by atoms with van der Waals surface area (Å²) >= 11 is 1.81. The summed E-state index contributed by atoms with van der Waals surface area (Å²) in [6, 6.07) is 24.4. The van der Waals surface area contributed by atoms with Gasteiger partial charge in [0.2, 0.25) is 5.91 Å². The number of carbonyl (C=O) groups is 1. The van der Waals surface area contributed by atoms with E-state index >= 15 is 0 Å². The van der Waals surface area contributed by atoms with E-state index in [9.17, 15) is 4.79 Å². The van der Waals surface area contributed by atoms with Crippen LogP contribution >= 0.6 is 11.3 Å². The highest BCUT2D eigenvalue weighted by Gasteiger charge is 2.27. The SMILES string of the molecule is CC(C(=O)NC(c1ccccc1)c1ccccc1)N1CCN(Cc2cccs2)CC1. The lowest BCUT2D eigenvalue weighted by atomic mass is 9.98. The van der Waals surface area contributed by atoms with Crippen molar-refractivity contribution in [1.82, 2.24) is 15.1 Å². The van der Waals surface area contributed by atoms with E-state index in [2.05, 4.69) is 56.9 Å². The molecule has 3 aromatic rings. The van der Waals surface area contributed by atoms with Crippen LogP contribution < -0.4 is 5.32 Å². The van der Waals surface area contributed by atoms with Crippen molar-refractivity contribution in [3.05, 3.63) is 94.2 Å². The molecular weight excluding hydrogens is 390 g/mol. The molecule has 1 aliphatic heterocycles. The molecule has 0 bridgehead atoms. The molecule has 4 nitrogen and oxygen atoms in total. The Morgan fingerprint density at radius 2 is 1.50 bits per heavy atom. The lowest BCUT2D eigenvalue weighted by Crippen LogP contribution is -2.54. The molecule has 2 heterocycles. The second-order valence-corrected chi connectivity index (χ2v) is 8.86. The minimum Gasteiger partial charge on any atom is -0.344 e. The summed E-state index contributed by atoms with van der Waals surface area (Å²) < 4.78 is 0. The van der Waals surface area contributed by atoms with Crippen LogP contribution in [0.1, 0.15) is 29.0 Å². The number of nitrogens with zero attached hydrogens (tertiary/aromatic N) is 2. The van der Waals surface area contributed by atoms with Gasteiger partial charge < -0.3 is 5.32 Å². The largest absolute Gasteiger partial charge is 0.344 e. The average Bonchev–Trinajstić information content (AvgIpc) is 3.31. The van der Waals surface area contributed by atoms with E-state index < -0.39 is 0 Å². The van der Waals surface area contributed by atoms with E-state index in [-0.39, 0.29) is 18.0 Å². The van der Waals surface area contributed by atoms with Gasteiger partial charge in [-0.25, -0.2) is 0 Å². The first-order valence-electron chi connectivity index (χ1n) is 10.6. The highest BCUT2D eigenvalue weighted by Crippen LogP contribution is 2.22. The number of hydrogen-bond donors (Lipinski definition) is 1. The second-order valence-electron chi connectivity index (χ2n) is 7.83. The number of rotatable bonds is 7. The molecular formula is C25H29N3OS. The number of carbonyl (C=O) groups excluding carboxylic acids is 1. The van der Waals surface area contributed by atoms with Crippen molar-refractivity contribution in [2.45, 2.75) is 25.6 Å². The van der Waals surface area contributed by atoms with Crippen LogP contribution in [-0.2, 0) is 11.3 Å². The van der Waals surface area contributed by atoms with Crippen LogP contribution in [0.5, 0.6) is 0 Å². The molecule has 1 aliphatic rings. The Labute approximate surface area is 183 Å². The first-order chi connectivity index (χ1) is 14.7. The van der Waals surface area contributed by atoms with Crippen molar-refractivity contribution in [1.29, 1.82) is 0 Å². The van der Waals surface area contributed by atoms with E-state index in [4.69, 9.17) is 0 Å². The highest BCUT2D eigenvalue weighted by atomic mass is 32.1. The second kappa shape index (κ2) is 10.0. The molecule has 30 heavy (non-hydrogen) atoms. The summed E-state index contributed by atoms with van der Waals surface area (Å²) in [5.41, 5.74) is 2.20. The molecule has 0 aliphatic carbocycles. The zero-order chi connectivity index (χ0) is 20.8. The van der Waals surface area contributed by atoms with Gasteiger partial charge in [0.15, 0.2) is 0 Å². The molecule has 0 radical (unpaired) electrons. The van der Waals surface area contributed by atoms with E-state index in [0.717, 1.165) is 43.9 Å². The molecule has 1 saturated heterocycles. The van der Waals surface area contributed by atoms with E-state index in [0.29, 0.717) is 0 Å². The molecule has 0 saturated carbocycles. The molecule has 1 fully saturated rings. The number of benzene rings is 2. The molecule has 1 unspecified atom stereocenters. The Morgan fingerprint density at radius 1 is 0.900 bits per heavy atom. The Balaban J connectivity index is 1.38. The van der Waals surface area contributed by atoms with Crippen molar-refractivity contribution < 1.29 is 4.79 Å². The van der Waals surface area contributed by atoms with Crippen LogP contribution in [0.3, 0.4) is 0 Å². The predicted octanol–water partition coefficient (Wildman–Crippen LogP) is 4.16. The van der Waals surface area contributed by atoms with E-state index in [1.165, 1.54) is 4.88 Å². The van der Waals surface area contributed by atoms with Gasteiger partial charge in [-0.3, -0.25) is 14.6 Å². The summed E-state index contributed by atoms with van der Waals surface area (Å²) in [6.45, 7) is 6.86. The minimum absolute atomic E-state index is 0.0828. The number of thiophene rings is 1. The molecule has 4 rings (SSSR count). The molecule has 1 N–H and O–H groups in total. The monoisotopic (exact) mass is 419 g/mol. The predicted molar refractivity (Wildman–Crippen MR) is 124 cm³/mol. The average molecular weight is 420 g/mol. The Bertz CT molecular complexity index is 867. The van der Waals surface area contributed by atoms with Gasteiger partial charge in [-0.1, -0.05) is 66.7 Å². The third-order valence-corrected chi connectivity index (χ3v) is 6.71. The summed E-state index contributed by atoms with van der Waals surface area (Å²) in [5, 5.41) is 5.43. The maximum atomic E-state index is 13.2. The van der Waals surface area contributed by atoms with Crippen LogP contribution in [0.2, 0.25) is 0 Å². The third kappa shape index (κ3) is 5.17. The topological polar surface area (TPSA) is 35.6 Å². The molecule has 156 valence electrons. The zero-order valence-corrected chi connectivity index (χ0v) is 18.2. The molecule has 1 amide bonds. The zero-order valence-electron chi connectivity index (χ0n) is 17.4. The molecule has 1 atom stereocenters. The maximum Gasteiger partial charge on any atom is 0.237 e. The van der Waals surface area contributed by atoms with Gasteiger partial charge in [0.1, 0.15) is 0 Å². The standard InChI is InChI=1S/C25H29N3OS/c1-20(28-16-14-27(15-17-28)19-23-13-8-18-30-23)25(29)26-24(21-9-4-2-5-10-21)22-11-6-3-7-12-22/h2-13,18,20,24H,14-17,19H2,1H3,(H,26,29). The number of piperazine rings is 1. The van der Waals surface area contributed by atoms with Gasteiger partial charge in [0.25, 0.3) is 0 Å². The third-order valence-electron chi connectivity index (χ3n) is 5.85. The fourth-order valence-electron chi connectivity index (χ4n) is 4.01. The summed E-state index contributed by atoms with van der Waals surface area (Å²) in [5.74, 6) is 0.0828. The van der Waals surface area contributed by atoms with Crippen LogP contribution in [0.4, 0.5) is 0 Å². The van der Waals surface area contributed by atoms with Gasteiger partial charge in [-0.15, -0.1) is 11.3 Å². The van der Waals surface area contributed by atoms with E-state index in [1.807, 2.05) is 54.7 Å². The van der Waals surface area contributed by atoms with Crippen LogP contribution in [-0.4, -0.2) is 47.9 Å². The Morgan fingerprint density at radius 3 is 2.03 bits per heavy atom. The van der Waals surface area contributed by atoms with Gasteiger partial charge in [-0.05, 0) is 29.5 Å². The minimum atomic E-state index is -0.149. The molecule has 1 aromatic heterocycles. The van der Waals surface area contributed by atoms with E-state index in [1.54, 1.807) is 0 Å². The molecule has 0 spiro atoms. The smallest absolute Gasteiger partial charge is 0.237 e. The summed E-state index contributed by atoms with van der Waals surface area (Å²) in [4.78, 5) is 19.4. The van der Waals surface area contributed by atoms with Crippen molar-refractivity contribution in [2.24, 2.45) is 0 Å². The lowest BCUT2D eigenvalue weighted by Gasteiger charge is -2.37. The first-order valence-corrected chi connectivity index (χ1v) is 11.5. The van der Waals surface area contributed by atoms with Crippen molar-refractivity contribution in [2.75, 3.05) is 26.2 Å². The number of nitrogens with one attached hydrogen (secondary N) is 1. The fourth-order valence-corrected chi connectivity index (χ4v) is 4.76. The summed E-state index contributed by atoms with van der Waals surface area (Å²) in [6.07, 6.45) is 0. The van der Waals surface area contributed by atoms with Crippen LogP contribution in [0.25, 0.3) is 0 Å². The Kier molecular flexibility index (Phi) is 6.95. The van der Waals surface area contributed by atoms with Gasteiger partial charge in [-0.2, -0.15) is 0 Å². The number of amides is 1. The van der Waals surface area contributed by atoms with Crippen molar-refractivity contribution in [3.8, 4) is 0 Å². The quantitative estimate of drug-likeness (QED) is 0.625. The Hall–Kier alpha value is -2.47. The van der Waals surface area contributed by atoms with Crippen LogP contribution in [0.15, 0.2) is 78.2 Å². The van der Waals surface area contributed by atoms with Crippen molar-refractivity contribution in [3.63, 3.8) is 0 Å². The normalized spacial score (nSPS) is 16.5. The first kappa shape index (κ1) is 20.8. The summed E-state index contributed by atoms with van der Waals surface area (Å²) in [7, 11) is 0. The lowest BCUT2D eigenvalue weighted by molar-refractivity contribution is -0.127. The van der Waals surface area contributed by atoms with Gasteiger partial charge in [0, 0.05) is 37.6 Å². The molecule has 2 aromatic carbocycles. The van der Waals surface area contributed by atoms with Gasteiger partial charge in [0.05, 0.1) is 12.1 Å². The van der Waals surface area contributed by atoms with Crippen LogP contribution in [0, 0.1) is 0 Å². The fraction of sp³-hybridized carbons (Fsp3) is 0.320.